The molecule has 0 fully saturated rings. The van der Waals surface area contributed by atoms with Crippen LogP contribution in [0.4, 0.5) is 5.82 Å². The molecular weight excluding hydrogens is 418 g/mol. The van der Waals surface area contributed by atoms with Gasteiger partial charge in [0.25, 0.3) is 0 Å². The van der Waals surface area contributed by atoms with Crippen molar-refractivity contribution >= 4 is 23.3 Å². The van der Waals surface area contributed by atoms with Crippen LogP contribution in [0, 0.1) is 0 Å². The number of amides is 1. The summed E-state index contributed by atoms with van der Waals surface area (Å²) in [6, 6.07) is 14.4. The maximum atomic E-state index is 13.1. The van der Waals surface area contributed by atoms with E-state index in [1.165, 1.54) is 0 Å². The van der Waals surface area contributed by atoms with Crippen molar-refractivity contribution in [1.82, 2.24) is 20.1 Å². The number of nitrogens with one attached hydrogen (secondary N) is 2. The fraction of sp³-hybridized carbons (Fsp3) is 0.318. The molecule has 2 heterocycles. The molecule has 2 aromatic heterocycles. The highest BCUT2D eigenvalue weighted by Crippen LogP contribution is 2.23. The monoisotopic (exact) mass is 443 g/mol. The predicted molar refractivity (Wildman–Crippen MR) is 120 cm³/mol. The van der Waals surface area contributed by atoms with Gasteiger partial charge in [0, 0.05) is 38.0 Å². The minimum absolute atomic E-state index is 0.130. The van der Waals surface area contributed by atoms with Gasteiger partial charge in [0.2, 0.25) is 5.91 Å². The fourth-order valence-corrected chi connectivity index (χ4v) is 3.28. The van der Waals surface area contributed by atoms with Crippen molar-refractivity contribution in [1.29, 1.82) is 0 Å². The molecule has 0 aliphatic rings. The lowest BCUT2D eigenvalue weighted by Gasteiger charge is -2.20. The summed E-state index contributed by atoms with van der Waals surface area (Å²) < 4.78 is 6.75. The summed E-state index contributed by atoms with van der Waals surface area (Å²) in [5.74, 6) is 0.299. The average Bonchev–Trinajstić information content (AvgIpc) is 3.12. The predicted octanol–water partition coefficient (Wildman–Crippen LogP) is 2.63. The smallest absolute Gasteiger partial charge is 0.242 e. The Bertz CT molecular complexity index is 996. The van der Waals surface area contributed by atoms with E-state index in [1.807, 2.05) is 30.3 Å². The Kier molecular flexibility index (Phi) is 8.13. The molecule has 0 bridgehead atoms. The zero-order valence-electron chi connectivity index (χ0n) is 17.5. The molecule has 3 N–H and O–H groups in total. The Morgan fingerprint density at radius 3 is 2.74 bits per heavy atom. The van der Waals surface area contributed by atoms with Crippen LogP contribution in [0.25, 0.3) is 11.3 Å². The fourth-order valence-electron chi connectivity index (χ4n) is 3.10. The lowest BCUT2D eigenvalue weighted by Crippen LogP contribution is -2.45. The van der Waals surface area contributed by atoms with E-state index in [4.69, 9.17) is 16.3 Å². The number of pyridine rings is 1. The summed E-state index contributed by atoms with van der Waals surface area (Å²) in [5.41, 5.74) is 2.47. The highest BCUT2D eigenvalue weighted by Gasteiger charge is 2.21. The molecule has 0 spiro atoms. The molecule has 2 unspecified atom stereocenters. The number of ether oxygens (including phenoxy) is 1. The molecule has 9 heteroatoms. The number of carbonyl (C=O) groups excluding carboxylic acids is 1. The molecule has 0 saturated heterocycles. The second-order valence-corrected chi connectivity index (χ2v) is 7.34. The molecule has 3 rings (SSSR count). The van der Waals surface area contributed by atoms with Gasteiger partial charge in [-0.25, -0.2) is 4.98 Å². The Morgan fingerprint density at radius 2 is 2.03 bits per heavy atom. The van der Waals surface area contributed by atoms with Gasteiger partial charge in [0.05, 0.1) is 11.7 Å². The van der Waals surface area contributed by atoms with E-state index < -0.39 is 12.3 Å². The van der Waals surface area contributed by atoms with Crippen molar-refractivity contribution in [3.05, 3.63) is 65.4 Å². The van der Waals surface area contributed by atoms with Crippen LogP contribution in [0.3, 0.4) is 0 Å². The number of aryl methyl sites for hydroxylation is 1. The Labute approximate surface area is 186 Å². The van der Waals surface area contributed by atoms with Gasteiger partial charge in [-0.1, -0.05) is 41.9 Å². The normalized spacial score (nSPS) is 13.0. The maximum absolute atomic E-state index is 13.1. The summed E-state index contributed by atoms with van der Waals surface area (Å²) in [6.45, 7) is 2.31. The summed E-state index contributed by atoms with van der Waals surface area (Å²) in [4.78, 5) is 17.0. The number of aromatic nitrogens is 3. The van der Waals surface area contributed by atoms with E-state index in [-0.39, 0.29) is 12.5 Å². The van der Waals surface area contributed by atoms with Gasteiger partial charge in [-0.2, -0.15) is 5.10 Å². The van der Waals surface area contributed by atoms with E-state index in [2.05, 4.69) is 20.7 Å². The van der Waals surface area contributed by atoms with Gasteiger partial charge < -0.3 is 20.5 Å². The van der Waals surface area contributed by atoms with E-state index in [0.717, 1.165) is 11.1 Å². The number of hydrogen-bond acceptors (Lipinski definition) is 6. The molecule has 1 aromatic carbocycles. The number of aliphatic hydroxyl groups is 1. The number of aliphatic hydroxyl groups excluding tert-OH is 1. The van der Waals surface area contributed by atoms with Crippen LogP contribution in [-0.2, 0) is 23.0 Å². The number of hydrogen-bond donors (Lipinski definition) is 3. The summed E-state index contributed by atoms with van der Waals surface area (Å²) in [5, 5.41) is 20.7. The molecule has 1 amide bonds. The highest BCUT2D eigenvalue weighted by molar-refractivity contribution is 6.29. The summed E-state index contributed by atoms with van der Waals surface area (Å²) in [6.07, 6.45) is 1.07. The number of rotatable bonds is 10. The second-order valence-electron chi connectivity index (χ2n) is 6.96. The second kappa shape index (κ2) is 11.0. The molecule has 0 aliphatic carbocycles. The van der Waals surface area contributed by atoms with Gasteiger partial charge in [-0.15, -0.1) is 0 Å². The van der Waals surface area contributed by atoms with Crippen LogP contribution < -0.4 is 10.6 Å². The standard InChI is InChI=1S/C22H26ClN5O3/c1-3-31-21(29)14-25-18(11-15-7-5-4-6-8-15)22(30)26-20-13-17(27-28(20)2)16-9-10-24-19(23)12-16/h4-10,12-13,18,21,25,29H,3,11,14H2,1-2H3,(H,26,30). The molecule has 8 nitrogen and oxygen atoms in total. The van der Waals surface area contributed by atoms with E-state index >= 15 is 0 Å². The Morgan fingerprint density at radius 1 is 1.26 bits per heavy atom. The molecule has 0 radical (unpaired) electrons. The molecule has 0 aliphatic heterocycles. The number of nitrogens with zero attached hydrogens (tertiary/aromatic N) is 3. The van der Waals surface area contributed by atoms with Crippen molar-refractivity contribution in [2.75, 3.05) is 18.5 Å². The first-order valence-electron chi connectivity index (χ1n) is 10.00. The molecule has 164 valence electrons. The largest absolute Gasteiger partial charge is 0.367 e. The van der Waals surface area contributed by atoms with E-state index in [9.17, 15) is 9.90 Å². The first-order chi connectivity index (χ1) is 15.0. The SMILES string of the molecule is CCOC(O)CNC(Cc1ccccc1)C(=O)Nc1cc(-c2ccnc(Cl)c2)nn1C. The quantitative estimate of drug-likeness (QED) is 0.329. The van der Waals surface area contributed by atoms with Crippen molar-refractivity contribution in [3.63, 3.8) is 0 Å². The first-order valence-corrected chi connectivity index (χ1v) is 10.4. The van der Waals surface area contributed by atoms with Crippen LogP contribution in [0.5, 0.6) is 0 Å². The number of carbonyl (C=O) groups is 1. The minimum Gasteiger partial charge on any atom is -0.367 e. The van der Waals surface area contributed by atoms with Gasteiger partial charge in [-0.3, -0.25) is 9.48 Å². The van der Waals surface area contributed by atoms with Gasteiger partial charge >= 0.3 is 0 Å². The van der Waals surface area contributed by atoms with Crippen molar-refractivity contribution < 1.29 is 14.6 Å². The van der Waals surface area contributed by atoms with Crippen LogP contribution in [0.2, 0.25) is 5.15 Å². The zero-order valence-corrected chi connectivity index (χ0v) is 18.2. The molecule has 3 aromatic rings. The van der Waals surface area contributed by atoms with Gasteiger partial charge in [0.15, 0.2) is 6.29 Å². The van der Waals surface area contributed by atoms with Crippen LogP contribution in [0.15, 0.2) is 54.7 Å². The third kappa shape index (κ3) is 6.60. The van der Waals surface area contributed by atoms with Gasteiger partial charge in [-0.05, 0) is 31.0 Å². The first kappa shape index (κ1) is 22.9. The number of benzene rings is 1. The topological polar surface area (TPSA) is 101 Å². The zero-order chi connectivity index (χ0) is 22.2. The van der Waals surface area contributed by atoms with Crippen LogP contribution in [-0.4, -0.2) is 51.3 Å². The Hall–Kier alpha value is -2.78. The molecule has 0 saturated carbocycles. The highest BCUT2D eigenvalue weighted by atomic mass is 35.5. The number of halogens is 1. The molecular formula is C22H26ClN5O3. The lowest BCUT2D eigenvalue weighted by atomic mass is 10.1. The van der Waals surface area contributed by atoms with E-state index in [1.54, 1.807) is 43.0 Å². The third-order valence-electron chi connectivity index (χ3n) is 4.65. The lowest BCUT2D eigenvalue weighted by molar-refractivity contribution is -0.119. The van der Waals surface area contributed by atoms with Crippen molar-refractivity contribution in [3.8, 4) is 11.3 Å². The molecule has 2 atom stereocenters. The van der Waals surface area contributed by atoms with Gasteiger partial charge in [0.1, 0.15) is 11.0 Å². The minimum atomic E-state index is -0.990. The summed E-state index contributed by atoms with van der Waals surface area (Å²) >= 11 is 5.97. The number of anilines is 1. The maximum Gasteiger partial charge on any atom is 0.242 e. The van der Waals surface area contributed by atoms with Crippen molar-refractivity contribution in [2.45, 2.75) is 25.7 Å². The van der Waals surface area contributed by atoms with Crippen LogP contribution in [0.1, 0.15) is 12.5 Å². The average molecular weight is 444 g/mol. The Balaban J connectivity index is 1.74. The van der Waals surface area contributed by atoms with Crippen LogP contribution >= 0.6 is 11.6 Å². The van der Waals surface area contributed by atoms with Crippen molar-refractivity contribution in [2.24, 2.45) is 7.05 Å². The van der Waals surface area contributed by atoms with E-state index in [0.29, 0.717) is 29.7 Å². The summed E-state index contributed by atoms with van der Waals surface area (Å²) in [7, 11) is 1.75. The third-order valence-corrected chi connectivity index (χ3v) is 4.86. The molecule has 31 heavy (non-hydrogen) atoms.